The lowest BCUT2D eigenvalue weighted by molar-refractivity contribution is 0.0465. The van der Waals surface area contributed by atoms with Gasteiger partial charge in [-0.2, -0.15) is 5.10 Å². The highest BCUT2D eigenvalue weighted by Crippen LogP contribution is 2.15. The summed E-state index contributed by atoms with van der Waals surface area (Å²) in [5.74, 6) is 0.196. The van der Waals surface area contributed by atoms with Crippen molar-refractivity contribution in [3.63, 3.8) is 0 Å². The summed E-state index contributed by atoms with van der Waals surface area (Å²) >= 11 is 0. The Morgan fingerprint density at radius 2 is 2.30 bits per heavy atom. The standard InChI is InChI=1S/C13H12N4O3/c1-8-6-10(16-20-8)7-19-13(18)11-9(2)15-17-5-3-4-14-12(11)17/h3-6H,7H2,1-2H3. The molecule has 0 unspecified atom stereocenters. The Bertz CT molecular complexity index is 775. The van der Waals surface area contributed by atoms with E-state index in [0.29, 0.717) is 28.4 Å². The molecular weight excluding hydrogens is 260 g/mol. The van der Waals surface area contributed by atoms with E-state index in [1.54, 1.807) is 42.9 Å². The molecule has 3 heterocycles. The van der Waals surface area contributed by atoms with E-state index < -0.39 is 5.97 Å². The number of ether oxygens (including phenoxy) is 1. The first-order chi connectivity index (χ1) is 9.65. The summed E-state index contributed by atoms with van der Waals surface area (Å²) in [4.78, 5) is 16.3. The monoisotopic (exact) mass is 272 g/mol. The van der Waals surface area contributed by atoms with Gasteiger partial charge in [0.15, 0.2) is 5.65 Å². The van der Waals surface area contributed by atoms with Crippen molar-refractivity contribution in [3.05, 3.63) is 47.2 Å². The van der Waals surface area contributed by atoms with Crippen LogP contribution in [0.5, 0.6) is 0 Å². The van der Waals surface area contributed by atoms with E-state index in [-0.39, 0.29) is 6.61 Å². The average molecular weight is 272 g/mol. The summed E-state index contributed by atoms with van der Waals surface area (Å²) in [5.41, 5.74) is 1.99. The molecule has 0 saturated heterocycles. The lowest BCUT2D eigenvalue weighted by Crippen LogP contribution is -2.07. The van der Waals surface area contributed by atoms with Crippen LogP contribution in [0.1, 0.15) is 27.5 Å². The highest BCUT2D eigenvalue weighted by atomic mass is 16.5. The van der Waals surface area contributed by atoms with E-state index >= 15 is 0 Å². The minimum absolute atomic E-state index is 0.0553. The van der Waals surface area contributed by atoms with Crippen LogP contribution in [-0.2, 0) is 11.3 Å². The molecule has 0 atom stereocenters. The Kier molecular flexibility index (Phi) is 2.94. The minimum atomic E-state index is -0.475. The molecule has 0 spiro atoms. The Morgan fingerprint density at radius 3 is 3.05 bits per heavy atom. The molecule has 0 aromatic carbocycles. The normalized spacial score (nSPS) is 10.9. The minimum Gasteiger partial charge on any atom is -0.455 e. The van der Waals surface area contributed by atoms with Crippen LogP contribution in [0.3, 0.4) is 0 Å². The molecule has 0 saturated carbocycles. The second kappa shape index (κ2) is 4.76. The van der Waals surface area contributed by atoms with Gasteiger partial charge in [-0.1, -0.05) is 5.16 Å². The van der Waals surface area contributed by atoms with Crippen LogP contribution in [-0.4, -0.2) is 25.7 Å². The summed E-state index contributed by atoms with van der Waals surface area (Å²) < 4.78 is 11.7. The smallest absolute Gasteiger partial charge is 0.344 e. The molecule has 102 valence electrons. The SMILES string of the molecule is Cc1cc(COC(=O)c2c(C)nn3cccnc23)no1. The summed E-state index contributed by atoms with van der Waals surface area (Å²) in [5, 5.41) is 7.98. The molecular formula is C13H12N4O3. The zero-order valence-corrected chi connectivity index (χ0v) is 11.0. The lowest BCUT2D eigenvalue weighted by atomic mass is 10.2. The van der Waals surface area contributed by atoms with Crippen LogP contribution < -0.4 is 0 Å². The number of hydrogen-bond acceptors (Lipinski definition) is 6. The Morgan fingerprint density at radius 1 is 1.45 bits per heavy atom. The second-order valence-electron chi connectivity index (χ2n) is 4.35. The van der Waals surface area contributed by atoms with Crippen LogP contribution in [0.25, 0.3) is 5.65 Å². The van der Waals surface area contributed by atoms with Crippen LogP contribution in [0, 0.1) is 13.8 Å². The van der Waals surface area contributed by atoms with E-state index in [4.69, 9.17) is 9.26 Å². The fourth-order valence-corrected chi connectivity index (χ4v) is 1.93. The van der Waals surface area contributed by atoms with Gasteiger partial charge in [-0.25, -0.2) is 14.3 Å². The topological polar surface area (TPSA) is 82.5 Å². The maximum absolute atomic E-state index is 12.1. The number of carbonyl (C=O) groups is 1. The highest BCUT2D eigenvalue weighted by molar-refractivity contribution is 5.97. The van der Waals surface area contributed by atoms with Gasteiger partial charge >= 0.3 is 5.97 Å². The Hall–Kier alpha value is -2.70. The van der Waals surface area contributed by atoms with Gasteiger partial charge in [0.25, 0.3) is 0 Å². The number of rotatable bonds is 3. The lowest BCUT2D eigenvalue weighted by Gasteiger charge is -2.01. The van der Waals surface area contributed by atoms with E-state index in [1.807, 2.05) is 0 Å². The van der Waals surface area contributed by atoms with Crippen molar-refractivity contribution in [2.45, 2.75) is 20.5 Å². The number of aromatic nitrogens is 4. The van der Waals surface area contributed by atoms with E-state index in [2.05, 4.69) is 15.2 Å². The molecule has 0 aliphatic carbocycles. The number of esters is 1. The largest absolute Gasteiger partial charge is 0.455 e. The number of carbonyl (C=O) groups excluding carboxylic acids is 1. The highest BCUT2D eigenvalue weighted by Gasteiger charge is 2.19. The molecule has 7 heteroatoms. The van der Waals surface area contributed by atoms with Crippen molar-refractivity contribution in [2.75, 3.05) is 0 Å². The quantitative estimate of drug-likeness (QED) is 0.675. The second-order valence-corrected chi connectivity index (χ2v) is 4.35. The third-order valence-corrected chi connectivity index (χ3v) is 2.80. The molecule has 7 nitrogen and oxygen atoms in total. The van der Waals surface area contributed by atoms with Crippen LogP contribution in [0.15, 0.2) is 29.0 Å². The van der Waals surface area contributed by atoms with Gasteiger partial charge in [0.1, 0.15) is 23.6 Å². The Labute approximate surface area is 114 Å². The molecule has 0 bridgehead atoms. The molecule has 0 radical (unpaired) electrons. The molecule has 3 aromatic rings. The summed E-state index contributed by atoms with van der Waals surface area (Å²) in [6.45, 7) is 3.57. The van der Waals surface area contributed by atoms with Crippen LogP contribution in [0.2, 0.25) is 0 Å². The number of hydrogen-bond donors (Lipinski definition) is 0. The van der Waals surface area contributed by atoms with Crippen molar-refractivity contribution >= 4 is 11.6 Å². The fourth-order valence-electron chi connectivity index (χ4n) is 1.93. The van der Waals surface area contributed by atoms with Gasteiger partial charge in [0, 0.05) is 18.5 Å². The first-order valence-corrected chi connectivity index (χ1v) is 6.04. The zero-order chi connectivity index (χ0) is 14.1. The van der Waals surface area contributed by atoms with Crippen LogP contribution >= 0.6 is 0 Å². The summed E-state index contributed by atoms with van der Waals surface area (Å²) in [6, 6.07) is 3.46. The molecule has 3 rings (SSSR count). The third kappa shape index (κ3) is 2.13. The fraction of sp³-hybridized carbons (Fsp3) is 0.231. The van der Waals surface area contributed by atoms with E-state index in [0.717, 1.165) is 0 Å². The van der Waals surface area contributed by atoms with Gasteiger partial charge in [0.2, 0.25) is 0 Å². The van der Waals surface area contributed by atoms with Crippen molar-refractivity contribution < 1.29 is 14.1 Å². The van der Waals surface area contributed by atoms with Gasteiger partial charge < -0.3 is 9.26 Å². The number of nitrogens with zero attached hydrogens (tertiary/aromatic N) is 4. The van der Waals surface area contributed by atoms with E-state index in [9.17, 15) is 4.79 Å². The molecule has 0 aliphatic rings. The van der Waals surface area contributed by atoms with Gasteiger partial charge in [-0.3, -0.25) is 0 Å². The molecule has 0 N–H and O–H groups in total. The first kappa shape index (κ1) is 12.3. The van der Waals surface area contributed by atoms with Gasteiger partial charge in [0.05, 0.1) is 5.69 Å². The summed E-state index contributed by atoms with van der Waals surface area (Å²) in [6.07, 6.45) is 3.33. The Balaban J connectivity index is 1.83. The predicted octanol–water partition coefficient (Wildman–Crippen LogP) is 1.69. The number of aryl methyl sites for hydroxylation is 2. The molecule has 0 fully saturated rings. The van der Waals surface area contributed by atoms with Gasteiger partial charge in [-0.05, 0) is 19.9 Å². The zero-order valence-electron chi connectivity index (χ0n) is 11.0. The maximum atomic E-state index is 12.1. The molecule has 0 aliphatic heterocycles. The molecule has 0 amide bonds. The first-order valence-electron chi connectivity index (χ1n) is 6.04. The van der Waals surface area contributed by atoms with Crippen molar-refractivity contribution in [2.24, 2.45) is 0 Å². The average Bonchev–Trinajstić information content (AvgIpc) is 2.98. The maximum Gasteiger partial charge on any atom is 0.344 e. The van der Waals surface area contributed by atoms with Gasteiger partial charge in [-0.15, -0.1) is 0 Å². The molecule has 20 heavy (non-hydrogen) atoms. The predicted molar refractivity (Wildman–Crippen MR) is 68.1 cm³/mol. The van der Waals surface area contributed by atoms with Crippen molar-refractivity contribution in [3.8, 4) is 0 Å². The molecule has 3 aromatic heterocycles. The number of fused-ring (bicyclic) bond motifs is 1. The van der Waals surface area contributed by atoms with Crippen LogP contribution in [0.4, 0.5) is 0 Å². The van der Waals surface area contributed by atoms with Crippen molar-refractivity contribution in [1.29, 1.82) is 0 Å². The summed E-state index contributed by atoms with van der Waals surface area (Å²) in [7, 11) is 0. The third-order valence-electron chi connectivity index (χ3n) is 2.80. The van der Waals surface area contributed by atoms with E-state index in [1.165, 1.54) is 0 Å². The van der Waals surface area contributed by atoms with Crippen molar-refractivity contribution in [1.82, 2.24) is 19.8 Å².